The molecule has 3 aromatic rings. The molecule has 6 heteroatoms. The number of rotatable bonds is 4. The Hall–Kier alpha value is -2.34. The van der Waals surface area contributed by atoms with Gasteiger partial charge in [-0.15, -0.1) is 11.8 Å². The molecule has 3 N–H and O–H groups in total. The van der Waals surface area contributed by atoms with Gasteiger partial charge < -0.3 is 10.3 Å². The van der Waals surface area contributed by atoms with Gasteiger partial charge in [0.1, 0.15) is 17.2 Å². The maximum absolute atomic E-state index is 7.38. The molecule has 0 atom stereocenters. The summed E-state index contributed by atoms with van der Waals surface area (Å²) in [7, 11) is 1.98. The molecular formula is C15H15N5S. The van der Waals surface area contributed by atoms with Gasteiger partial charge >= 0.3 is 0 Å². The van der Waals surface area contributed by atoms with Gasteiger partial charge in [0.25, 0.3) is 0 Å². The molecule has 0 amide bonds. The van der Waals surface area contributed by atoms with Crippen LogP contribution in [-0.4, -0.2) is 20.4 Å². The first-order valence-corrected chi connectivity index (χ1v) is 7.47. The van der Waals surface area contributed by atoms with E-state index < -0.39 is 0 Å². The number of aryl methyl sites for hydroxylation is 1. The highest BCUT2D eigenvalue weighted by Gasteiger charge is 2.08. The van der Waals surface area contributed by atoms with Crippen LogP contribution in [0.15, 0.2) is 47.5 Å². The molecule has 2 aromatic heterocycles. The molecule has 0 aliphatic rings. The summed E-state index contributed by atoms with van der Waals surface area (Å²) in [6.45, 7) is 0. The Morgan fingerprint density at radius 1 is 1.29 bits per heavy atom. The zero-order valence-corrected chi connectivity index (χ0v) is 12.4. The molecule has 0 bridgehead atoms. The van der Waals surface area contributed by atoms with E-state index in [1.165, 1.54) is 0 Å². The van der Waals surface area contributed by atoms with Crippen molar-refractivity contribution in [3.05, 3.63) is 54.0 Å². The number of benzene rings is 1. The van der Waals surface area contributed by atoms with Crippen molar-refractivity contribution in [2.24, 2.45) is 12.8 Å². The number of nitrogen functional groups attached to an aromatic ring is 1. The Labute approximate surface area is 126 Å². The fourth-order valence-corrected chi connectivity index (χ4v) is 2.96. The first-order chi connectivity index (χ1) is 10.1. The van der Waals surface area contributed by atoms with Crippen LogP contribution in [0.4, 0.5) is 0 Å². The molecule has 0 fully saturated rings. The Balaban J connectivity index is 1.77. The summed E-state index contributed by atoms with van der Waals surface area (Å²) in [6.07, 6.45) is 1.78. The zero-order chi connectivity index (χ0) is 14.8. The van der Waals surface area contributed by atoms with E-state index in [0.29, 0.717) is 0 Å². The van der Waals surface area contributed by atoms with Gasteiger partial charge in [-0.3, -0.25) is 5.41 Å². The van der Waals surface area contributed by atoms with Crippen LogP contribution in [0, 0.1) is 5.41 Å². The van der Waals surface area contributed by atoms with Crippen LogP contribution < -0.4 is 5.73 Å². The molecule has 0 aliphatic heterocycles. The van der Waals surface area contributed by atoms with Crippen molar-refractivity contribution in [2.45, 2.75) is 10.6 Å². The predicted molar refractivity (Wildman–Crippen MR) is 85.5 cm³/mol. The quantitative estimate of drug-likeness (QED) is 0.440. The van der Waals surface area contributed by atoms with E-state index in [9.17, 15) is 0 Å². The highest BCUT2D eigenvalue weighted by molar-refractivity contribution is 7.98. The third kappa shape index (κ3) is 2.75. The van der Waals surface area contributed by atoms with Crippen LogP contribution in [0.1, 0.15) is 11.4 Å². The summed E-state index contributed by atoms with van der Waals surface area (Å²) >= 11 is 1.70. The first kappa shape index (κ1) is 13.6. The van der Waals surface area contributed by atoms with Gasteiger partial charge in [0.15, 0.2) is 5.65 Å². The number of imidazole rings is 1. The Kier molecular flexibility index (Phi) is 3.62. The molecule has 0 radical (unpaired) electrons. The van der Waals surface area contributed by atoms with Gasteiger partial charge in [-0.2, -0.15) is 0 Å². The standard InChI is InChI=1S/C15H15N5S/c1-20-13(19-12-3-2-8-18-15(12)20)9-21-11-6-4-10(5-7-11)14(16)17/h2-8H,9H2,1H3,(H3,16,17). The van der Waals surface area contributed by atoms with E-state index >= 15 is 0 Å². The van der Waals surface area contributed by atoms with Gasteiger partial charge in [0.05, 0.1) is 5.75 Å². The third-order valence-electron chi connectivity index (χ3n) is 3.25. The molecule has 5 nitrogen and oxygen atoms in total. The van der Waals surface area contributed by atoms with Crippen LogP contribution in [0.5, 0.6) is 0 Å². The lowest BCUT2D eigenvalue weighted by atomic mass is 10.2. The topological polar surface area (TPSA) is 80.6 Å². The van der Waals surface area contributed by atoms with Crippen LogP contribution in [0.2, 0.25) is 0 Å². The largest absolute Gasteiger partial charge is 0.384 e. The minimum atomic E-state index is 0.0907. The normalized spacial score (nSPS) is 10.9. The van der Waals surface area contributed by atoms with Crippen molar-refractivity contribution >= 4 is 28.8 Å². The molecule has 3 rings (SSSR count). The predicted octanol–water partition coefficient (Wildman–Crippen LogP) is 2.54. The maximum Gasteiger partial charge on any atom is 0.159 e. The SMILES string of the molecule is Cn1c(CSc2ccc(C(=N)N)cc2)nc2cccnc21. The molecule has 0 spiro atoms. The molecule has 0 unspecified atom stereocenters. The Bertz CT molecular complexity index is 791. The van der Waals surface area contributed by atoms with Gasteiger partial charge in [-0.25, -0.2) is 9.97 Å². The summed E-state index contributed by atoms with van der Waals surface area (Å²) in [5.41, 5.74) is 8.01. The Morgan fingerprint density at radius 2 is 2.05 bits per heavy atom. The number of thioether (sulfide) groups is 1. The minimum Gasteiger partial charge on any atom is -0.384 e. The average molecular weight is 297 g/mol. The second kappa shape index (κ2) is 5.57. The van der Waals surface area contributed by atoms with E-state index in [-0.39, 0.29) is 5.84 Å². The zero-order valence-electron chi connectivity index (χ0n) is 11.6. The van der Waals surface area contributed by atoms with Crippen LogP contribution >= 0.6 is 11.8 Å². The van der Waals surface area contributed by atoms with E-state index in [1.807, 2.05) is 48.0 Å². The van der Waals surface area contributed by atoms with E-state index in [2.05, 4.69) is 9.97 Å². The number of pyridine rings is 1. The van der Waals surface area contributed by atoms with Crippen molar-refractivity contribution < 1.29 is 0 Å². The number of amidine groups is 1. The summed E-state index contributed by atoms with van der Waals surface area (Å²) in [4.78, 5) is 10.1. The number of hydrogen-bond acceptors (Lipinski definition) is 4. The summed E-state index contributed by atoms with van der Waals surface area (Å²) in [5.74, 6) is 1.85. The minimum absolute atomic E-state index is 0.0907. The van der Waals surface area contributed by atoms with Gasteiger partial charge in [-0.1, -0.05) is 12.1 Å². The molecule has 0 saturated carbocycles. The van der Waals surface area contributed by atoms with Crippen molar-refractivity contribution in [3.8, 4) is 0 Å². The molecule has 2 heterocycles. The number of fused-ring (bicyclic) bond motifs is 1. The number of aromatic nitrogens is 3. The van der Waals surface area contributed by atoms with E-state index in [0.717, 1.165) is 33.2 Å². The number of nitrogens with zero attached hydrogens (tertiary/aromatic N) is 3. The molecular weight excluding hydrogens is 282 g/mol. The summed E-state index contributed by atoms with van der Waals surface area (Å²) < 4.78 is 2.02. The first-order valence-electron chi connectivity index (χ1n) is 6.49. The number of nitrogens with two attached hydrogens (primary N) is 1. The fraction of sp³-hybridized carbons (Fsp3) is 0.133. The lowest BCUT2D eigenvalue weighted by Crippen LogP contribution is -2.10. The molecule has 21 heavy (non-hydrogen) atoms. The second-order valence-corrected chi connectivity index (χ2v) is 5.71. The fourth-order valence-electron chi connectivity index (χ4n) is 2.08. The van der Waals surface area contributed by atoms with Crippen molar-refractivity contribution in [1.29, 1.82) is 5.41 Å². The van der Waals surface area contributed by atoms with Crippen molar-refractivity contribution in [1.82, 2.24) is 14.5 Å². The second-order valence-electron chi connectivity index (χ2n) is 4.66. The van der Waals surface area contributed by atoms with Gasteiger partial charge in [0.2, 0.25) is 0 Å². The maximum atomic E-state index is 7.38. The smallest absolute Gasteiger partial charge is 0.159 e. The monoisotopic (exact) mass is 297 g/mol. The van der Waals surface area contributed by atoms with Crippen LogP contribution in [0.3, 0.4) is 0 Å². The molecule has 106 valence electrons. The molecule has 0 saturated heterocycles. The molecule has 0 aliphatic carbocycles. The van der Waals surface area contributed by atoms with E-state index in [1.54, 1.807) is 18.0 Å². The van der Waals surface area contributed by atoms with E-state index in [4.69, 9.17) is 11.1 Å². The van der Waals surface area contributed by atoms with Crippen LogP contribution in [0.25, 0.3) is 11.2 Å². The lowest BCUT2D eigenvalue weighted by Gasteiger charge is -2.04. The van der Waals surface area contributed by atoms with Gasteiger partial charge in [0, 0.05) is 23.7 Å². The molecule has 1 aromatic carbocycles. The summed E-state index contributed by atoms with van der Waals surface area (Å²) in [6, 6.07) is 11.5. The number of nitrogens with one attached hydrogen (secondary N) is 1. The van der Waals surface area contributed by atoms with Crippen LogP contribution in [-0.2, 0) is 12.8 Å². The average Bonchev–Trinajstić information content (AvgIpc) is 2.82. The number of hydrogen-bond donors (Lipinski definition) is 2. The van der Waals surface area contributed by atoms with Gasteiger partial charge in [-0.05, 0) is 24.3 Å². The highest BCUT2D eigenvalue weighted by Crippen LogP contribution is 2.24. The third-order valence-corrected chi connectivity index (χ3v) is 4.26. The Morgan fingerprint density at radius 3 is 2.71 bits per heavy atom. The van der Waals surface area contributed by atoms with Crippen molar-refractivity contribution in [2.75, 3.05) is 0 Å². The van der Waals surface area contributed by atoms with Crippen molar-refractivity contribution in [3.63, 3.8) is 0 Å². The lowest BCUT2D eigenvalue weighted by molar-refractivity contribution is 0.865. The summed E-state index contributed by atoms with van der Waals surface area (Å²) in [5, 5.41) is 7.38. The highest BCUT2D eigenvalue weighted by atomic mass is 32.2.